The highest BCUT2D eigenvalue weighted by atomic mass is 35.5. The van der Waals surface area contributed by atoms with Crippen molar-refractivity contribution in [2.45, 2.75) is 19.3 Å². The molecule has 1 aliphatic carbocycles. The van der Waals surface area contributed by atoms with Crippen LogP contribution in [0.2, 0.25) is 0 Å². The lowest BCUT2D eigenvalue weighted by molar-refractivity contribution is -0.127. The Balaban J connectivity index is 2.29. The minimum atomic E-state index is -0.00736. The third-order valence-electron chi connectivity index (χ3n) is 2.35. The molecule has 0 N–H and O–H groups in total. The van der Waals surface area contributed by atoms with Gasteiger partial charge in [-0.1, -0.05) is 23.8 Å². The Bertz CT molecular complexity index is 258. The van der Waals surface area contributed by atoms with Crippen LogP contribution in [0.1, 0.15) is 19.3 Å². The lowest BCUT2D eigenvalue weighted by atomic mass is 10.0. The summed E-state index contributed by atoms with van der Waals surface area (Å²) in [4.78, 5) is 12.8. The molecule has 0 heterocycles. The number of hydrogen-bond acceptors (Lipinski definition) is 1. The molecule has 1 rings (SSSR count). The van der Waals surface area contributed by atoms with Crippen molar-refractivity contribution in [2.75, 3.05) is 19.5 Å². The van der Waals surface area contributed by atoms with E-state index in [0.29, 0.717) is 0 Å². The van der Waals surface area contributed by atoms with Crippen molar-refractivity contribution in [3.63, 3.8) is 0 Å². The van der Waals surface area contributed by atoms with Gasteiger partial charge < -0.3 is 4.90 Å². The van der Waals surface area contributed by atoms with E-state index < -0.39 is 0 Å². The van der Waals surface area contributed by atoms with Gasteiger partial charge in [0.2, 0.25) is 5.91 Å². The number of halogens is 1. The average Bonchev–Trinajstić information content (AvgIpc) is 2.26. The van der Waals surface area contributed by atoms with Gasteiger partial charge in [-0.3, -0.25) is 4.79 Å². The van der Waals surface area contributed by atoms with Crippen LogP contribution in [-0.4, -0.2) is 30.3 Å². The Kier molecular flexibility index (Phi) is 4.74. The fourth-order valence-electron chi connectivity index (χ4n) is 1.38. The van der Waals surface area contributed by atoms with E-state index in [1.54, 1.807) is 11.9 Å². The van der Waals surface area contributed by atoms with Crippen molar-refractivity contribution in [1.29, 1.82) is 0 Å². The van der Waals surface area contributed by atoms with E-state index in [9.17, 15) is 4.79 Å². The van der Waals surface area contributed by atoms with Crippen LogP contribution in [0.5, 0.6) is 0 Å². The first-order valence-electron chi connectivity index (χ1n) is 4.89. The Morgan fingerprint density at radius 2 is 2.36 bits per heavy atom. The van der Waals surface area contributed by atoms with E-state index >= 15 is 0 Å². The summed E-state index contributed by atoms with van der Waals surface area (Å²) in [5.41, 5.74) is 1.32. The maximum Gasteiger partial charge on any atom is 0.237 e. The SMILES string of the molecule is CN(CCC1=CCCC=C1)C(=O)CCl. The minimum absolute atomic E-state index is 0.00736. The van der Waals surface area contributed by atoms with Gasteiger partial charge in [0.25, 0.3) is 0 Å². The third kappa shape index (κ3) is 3.54. The summed E-state index contributed by atoms with van der Waals surface area (Å²) in [6.45, 7) is 0.752. The van der Waals surface area contributed by atoms with Gasteiger partial charge in [0, 0.05) is 13.6 Å². The van der Waals surface area contributed by atoms with Crippen LogP contribution in [0, 0.1) is 0 Å². The number of carbonyl (C=O) groups excluding carboxylic acids is 1. The van der Waals surface area contributed by atoms with E-state index in [2.05, 4.69) is 18.2 Å². The van der Waals surface area contributed by atoms with E-state index in [1.807, 2.05) is 0 Å². The van der Waals surface area contributed by atoms with Gasteiger partial charge in [-0.15, -0.1) is 11.6 Å². The molecule has 0 aromatic carbocycles. The molecule has 0 unspecified atom stereocenters. The summed E-state index contributed by atoms with van der Waals surface area (Å²) >= 11 is 5.45. The molecule has 0 spiro atoms. The number of amides is 1. The van der Waals surface area contributed by atoms with Crippen LogP contribution in [-0.2, 0) is 4.79 Å². The van der Waals surface area contributed by atoms with Crippen molar-refractivity contribution >= 4 is 17.5 Å². The van der Waals surface area contributed by atoms with Gasteiger partial charge in [-0.25, -0.2) is 0 Å². The van der Waals surface area contributed by atoms with Gasteiger partial charge >= 0.3 is 0 Å². The number of allylic oxidation sites excluding steroid dienone is 3. The topological polar surface area (TPSA) is 20.3 Å². The highest BCUT2D eigenvalue weighted by molar-refractivity contribution is 6.27. The summed E-state index contributed by atoms with van der Waals surface area (Å²) in [6, 6.07) is 0. The van der Waals surface area contributed by atoms with Crippen molar-refractivity contribution in [3.8, 4) is 0 Å². The van der Waals surface area contributed by atoms with Crippen LogP contribution < -0.4 is 0 Å². The van der Waals surface area contributed by atoms with Crippen LogP contribution in [0.25, 0.3) is 0 Å². The van der Waals surface area contributed by atoms with Gasteiger partial charge in [-0.05, 0) is 19.3 Å². The molecule has 0 aromatic heterocycles. The standard InChI is InChI=1S/C11H16ClNO/c1-13(11(14)9-12)8-7-10-5-3-2-4-6-10/h3,5-6H,2,4,7-9H2,1H3. The molecule has 0 radical (unpaired) electrons. The zero-order valence-electron chi connectivity index (χ0n) is 8.50. The molecule has 1 aliphatic rings. The second-order valence-electron chi connectivity index (χ2n) is 3.46. The summed E-state index contributed by atoms with van der Waals surface area (Å²) in [5.74, 6) is 0.0674. The highest BCUT2D eigenvalue weighted by Gasteiger charge is 2.06. The van der Waals surface area contributed by atoms with E-state index in [-0.39, 0.29) is 11.8 Å². The number of nitrogens with zero attached hydrogens (tertiary/aromatic N) is 1. The molecule has 0 saturated carbocycles. The third-order valence-corrected chi connectivity index (χ3v) is 2.58. The van der Waals surface area contributed by atoms with Crippen LogP contribution in [0.3, 0.4) is 0 Å². The molecule has 14 heavy (non-hydrogen) atoms. The summed E-state index contributed by atoms with van der Waals surface area (Å²) in [5, 5.41) is 0. The quantitative estimate of drug-likeness (QED) is 0.657. The van der Waals surface area contributed by atoms with Gasteiger partial charge in [-0.2, -0.15) is 0 Å². The first-order valence-corrected chi connectivity index (χ1v) is 5.43. The minimum Gasteiger partial charge on any atom is -0.344 e. The molecule has 0 saturated heterocycles. The van der Waals surface area contributed by atoms with Crippen LogP contribution >= 0.6 is 11.6 Å². The zero-order chi connectivity index (χ0) is 10.4. The molecule has 1 amide bonds. The second-order valence-corrected chi connectivity index (χ2v) is 3.72. The molecular weight excluding hydrogens is 198 g/mol. The van der Waals surface area contributed by atoms with Crippen molar-refractivity contribution < 1.29 is 4.79 Å². The number of hydrogen-bond donors (Lipinski definition) is 0. The molecule has 0 aromatic rings. The second kappa shape index (κ2) is 5.86. The largest absolute Gasteiger partial charge is 0.344 e. The maximum atomic E-state index is 11.1. The summed E-state index contributed by atoms with van der Waals surface area (Å²) < 4.78 is 0. The first-order chi connectivity index (χ1) is 6.74. The van der Waals surface area contributed by atoms with Crippen molar-refractivity contribution in [2.24, 2.45) is 0 Å². The maximum absolute atomic E-state index is 11.1. The number of carbonyl (C=O) groups is 1. The monoisotopic (exact) mass is 213 g/mol. The van der Waals surface area contributed by atoms with E-state index in [0.717, 1.165) is 25.8 Å². The van der Waals surface area contributed by atoms with Gasteiger partial charge in [0.1, 0.15) is 5.88 Å². The number of rotatable bonds is 4. The molecule has 0 bridgehead atoms. The molecule has 78 valence electrons. The predicted octanol–water partition coefficient (Wildman–Crippen LogP) is 2.35. The molecular formula is C11H16ClNO. The van der Waals surface area contributed by atoms with Crippen LogP contribution in [0.15, 0.2) is 23.8 Å². The van der Waals surface area contributed by atoms with Crippen molar-refractivity contribution in [1.82, 2.24) is 4.90 Å². The van der Waals surface area contributed by atoms with Gasteiger partial charge in [0.15, 0.2) is 0 Å². The molecule has 3 heteroatoms. The highest BCUT2D eigenvalue weighted by Crippen LogP contribution is 2.13. The summed E-state index contributed by atoms with van der Waals surface area (Å²) in [6.07, 6.45) is 9.74. The fraction of sp³-hybridized carbons (Fsp3) is 0.545. The lowest BCUT2D eigenvalue weighted by Gasteiger charge is -2.16. The van der Waals surface area contributed by atoms with Gasteiger partial charge in [0.05, 0.1) is 0 Å². The normalized spacial score (nSPS) is 15.1. The average molecular weight is 214 g/mol. The lowest BCUT2D eigenvalue weighted by Crippen LogP contribution is -2.28. The molecule has 0 aliphatic heterocycles. The Morgan fingerprint density at radius 3 is 2.93 bits per heavy atom. The Hall–Kier alpha value is -0.760. The van der Waals surface area contributed by atoms with Crippen molar-refractivity contribution in [3.05, 3.63) is 23.8 Å². The smallest absolute Gasteiger partial charge is 0.237 e. The zero-order valence-corrected chi connectivity index (χ0v) is 9.26. The molecule has 0 atom stereocenters. The number of alkyl halides is 1. The fourth-order valence-corrected chi connectivity index (χ4v) is 1.58. The molecule has 2 nitrogen and oxygen atoms in total. The molecule has 0 fully saturated rings. The summed E-state index contributed by atoms with van der Waals surface area (Å²) in [7, 11) is 1.79. The van der Waals surface area contributed by atoms with Crippen LogP contribution in [0.4, 0.5) is 0 Å². The van der Waals surface area contributed by atoms with E-state index in [1.165, 1.54) is 5.57 Å². The van der Waals surface area contributed by atoms with E-state index in [4.69, 9.17) is 11.6 Å². The first kappa shape index (κ1) is 11.3. The Labute approximate surface area is 90.2 Å². The predicted molar refractivity (Wildman–Crippen MR) is 59.4 cm³/mol. The Morgan fingerprint density at radius 1 is 1.57 bits per heavy atom.